The molecule has 0 radical (unpaired) electrons. The normalized spacial score (nSPS) is 14.4. The van der Waals surface area contributed by atoms with Gasteiger partial charge in [0, 0.05) is 5.56 Å². The number of aryl methyl sites for hydroxylation is 1. The van der Waals surface area contributed by atoms with E-state index < -0.39 is 11.9 Å². The van der Waals surface area contributed by atoms with Crippen LogP contribution in [-0.4, -0.2) is 17.8 Å². The molecule has 0 unspecified atom stereocenters. The van der Waals surface area contributed by atoms with Crippen LogP contribution in [0.3, 0.4) is 0 Å². The van der Waals surface area contributed by atoms with Crippen molar-refractivity contribution < 1.29 is 19.1 Å². The Morgan fingerprint density at radius 3 is 2.47 bits per heavy atom. The van der Waals surface area contributed by atoms with Crippen LogP contribution in [0.25, 0.3) is 6.08 Å². The van der Waals surface area contributed by atoms with Crippen molar-refractivity contribution in [2.75, 3.05) is 0 Å². The highest BCUT2D eigenvalue weighted by Crippen LogP contribution is 2.28. The lowest BCUT2D eigenvalue weighted by molar-refractivity contribution is -0.129. The van der Waals surface area contributed by atoms with Gasteiger partial charge in [0.2, 0.25) is 5.90 Å². The van der Waals surface area contributed by atoms with Crippen LogP contribution in [-0.2, 0) is 9.53 Å². The largest absolute Gasteiger partial charge is 0.421 e. The third-order valence-electron chi connectivity index (χ3n) is 4.39. The van der Waals surface area contributed by atoms with Crippen LogP contribution in [0.15, 0.2) is 83.5 Å². The van der Waals surface area contributed by atoms with Crippen molar-refractivity contribution in [1.29, 1.82) is 0 Å². The van der Waals surface area contributed by atoms with E-state index in [1.165, 1.54) is 0 Å². The molecular formula is C24H16ClNO4. The van der Waals surface area contributed by atoms with Gasteiger partial charge in [-0.25, -0.2) is 14.6 Å². The first kappa shape index (κ1) is 19.6. The summed E-state index contributed by atoms with van der Waals surface area (Å²) in [5.74, 6) is -0.562. The Morgan fingerprint density at radius 2 is 1.77 bits per heavy atom. The Labute approximate surface area is 178 Å². The van der Waals surface area contributed by atoms with Gasteiger partial charge in [-0.1, -0.05) is 53.6 Å². The highest BCUT2D eigenvalue weighted by molar-refractivity contribution is 6.32. The summed E-state index contributed by atoms with van der Waals surface area (Å²) in [5.41, 5.74) is 2.98. The number of halogens is 1. The van der Waals surface area contributed by atoms with Gasteiger partial charge < -0.3 is 9.47 Å². The average molecular weight is 418 g/mol. The standard InChI is InChI=1S/C24H16ClNO4/c1-15-7-10-18(11-8-15)23(27)29-21-12-9-16(13-19(21)25)14-20-24(28)30-22(26-20)17-5-3-2-4-6-17/h2-14H,1H3. The fourth-order valence-electron chi connectivity index (χ4n) is 2.81. The van der Waals surface area contributed by atoms with Gasteiger partial charge in [0.15, 0.2) is 5.70 Å². The molecule has 148 valence electrons. The zero-order chi connectivity index (χ0) is 21.1. The van der Waals surface area contributed by atoms with Crippen molar-refractivity contribution in [1.82, 2.24) is 0 Å². The van der Waals surface area contributed by atoms with Gasteiger partial charge in [0.05, 0.1) is 10.6 Å². The van der Waals surface area contributed by atoms with E-state index in [9.17, 15) is 9.59 Å². The molecule has 6 heteroatoms. The van der Waals surface area contributed by atoms with E-state index in [2.05, 4.69) is 4.99 Å². The number of hydrogen-bond acceptors (Lipinski definition) is 5. The molecule has 0 spiro atoms. The lowest BCUT2D eigenvalue weighted by Gasteiger charge is -2.07. The van der Waals surface area contributed by atoms with Gasteiger partial charge in [-0.05, 0) is 55.0 Å². The molecule has 30 heavy (non-hydrogen) atoms. The maximum Gasteiger partial charge on any atom is 0.363 e. The number of nitrogens with zero attached hydrogens (tertiary/aromatic N) is 1. The topological polar surface area (TPSA) is 65.0 Å². The van der Waals surface area contributed by atoms with Gasteiger partial charge in [-0.3, -0.25) is 0 Å². The highest BCUT2D eigenvalue weighted by atomic mass is 35.5. The van der Waals surface area contributed by atoms with E-state index >= 15 is 0 Å². The Bertz CT molecular complexity index is 1180. The van der Waals surface area contributed by atoms with Crippen molar-refractivity contribution in [2.45, 2.75) is 6.92 Å². The number of ether oxygens (including phenoxy) is 2. The van der Waals surface area contributed by atoms with E-state index in [0.29, 0.717) is 16.7 Å². The second-order valence-electron chi connectivity index (χ2n) is 6.65. The minimum Gasteiger partial charge on any atom is -0.421 e. The number of carbonyl (C=O) groups excluding carboxylic acids is 2. The molecule has 0 fully saturated rings. The average Bonchev–Trinajstić information content (AvgIpc) is 3.11. The Hall–Kier alpha value is -3.70. The summed E-state index contributed by atoms with van der Waals surface area (Å²) in [7, 11) is 0. The van der Waals surface area contributed by atoms with Crippen LogP contribution in [0, 0.1) is 6.92 Å². The van der Waals surface area contributed by atoms with Gasteiger partial charge >= 0.3 is 11.9 Å². The third kappa shape index (κ3) is 4.31. The number of cyclic esters (lactones) is 1. The zero-order valence-corrected chi connectivity index (χ0v) is 16.7. The van der Waals surface area contributed by atoms with E-state index in [-0.39, 0.29) is 22.4 Å². The van der Waals surface area contributed by atoms with Gasteiger partial charge in [-0.15, -0.1) is 0 Å². The van der Waals surface area contributed by atoms with Crippen LogP contribution < -0.4 is 4.74 Å². The summed E-state index contributed by atoms with van der Waals surface area (Å²) >= 11 is 6.27. The number of aliphatic imine (C=N–C) groups is 1. The zero-order valence-electron chi connectivity index (χ0n) is 16.0. The first-order valence-electron chi connectivity index (χ1n) is 9.16. The van der Waals surface area contributed by atoms with Crippen molar-refractivity contribution in [3.63, 3.8) is 0 Å². The molecule has 0 N–H and O–H groups in total. The van der Waals surface area contributed by atoms with E-state index in [4.69, 9.17) is 21.1 Å². The second-order valence-corrected chi connectivity index (χ2v) is 7.05. The second kappa shape index (κ2) is 8.35. The van der Waals surface area contributed by atoms with Gasteiger partial charge in [0.1, 0.15) is 5.75 Å². The van der Waals surface area contributed by atoms with Gasteiger partial charge in [-0.2, -0.15) is 0 Å². The maximum absolute atomic E-state index is 12.3. The summed E-state index contributed by atoms with van der Waals surface area (Å²) in [6, 6.07) is 21.1. The number of hydrogen-bond donors (Lipinski definition) is 0. The minimum absolute atomic E-state index is 0.161. The fraction of sp³-hybridized carbons (Fsp3) is 0.0417. The number of rotatable bonds is 4. The molecule has 0 aromatic heterocycles. The van der Waals surface area contributed by atoms with Gasteiger partial charge in [0.25, 0.3) is 0 Å². The third-order valence-corrected chi connectivity index (χ3v) is 4.69. The SMILES string of the molecule is Cc1ccc(C(=O)Oc2ccc(C=C3N=C(c4ccccc4)OC3=O)cc2Cl)cc1. The van der Waals surface area contributed by atoms with Crippen molar-refractivity contribution in [2.24, 2.45) is 4.99 Å². The summed E-state index contributed by atoms with van der Waals surface area (Å²) < 4.78 is 10.6. The molecule has 1 aliphatic heterocycles. The molecule has 0 saturated carbocycles. The van der Waals surface area contributed by atoms with Crippen LogP contribution in [0.2, 0.25) is 5.02 Å². The van der Waals surface area contributed by atoms with Crippen LogP contribution in [0.1, 0.15) is 27.0 Å². The summed E-state index contributed by atoms with van der Waals surface area (Å²) in [5, 5.41) is 0.239. The quantitative estimate of drug-likeness (QED) is 0.332. The predicted molar refractivity (Wildman–Crippen MR) is 115 cm³/mol. The Balaban J connectivity index is 1.53. The van der Waals surface area contributed by atoms with Crippen molar-refractivity contribution >= 4 is 35.5 Å². The summed E-state index contributed by atoms with van der Waals surface area (Å²) in [4.78, 5) is 28.7. The lowest BCUT2D eigenvalue weighted by Crippen LogP contribution is -2.08. The molecule has 3 aromatic rings. The predicted octanol–water partition coefficient (Wildman–Crippen LogP) is 5.21. The summed E-state index contributed by atoms with van der Waals surface area (Å²) in [6.45, 7) is 1.94. The minimum atomic E-state index is -0.542. The first-order valence-corrected chi connectivity index (χ1v) is 9.54. The molecular weight excluding hydrogens is 402 g/mol. The van der Waals surface area contributed by atoms with E-state index in [1.807, 2.05) is 49.4 Å². The first-order chi connectivity index (χ1) is 14.5. The highest BCUT2D eigenvalue weighted by Gasteiger charge is 2.24. The van der Waals surface area contributed by atoms with Crippen LogP contribution in [0.4, 0.5) is 0 Å². The van der Waals surface area contributed by atoms with Crippen molar-refractivity contribution in [3.8, 4) is 5.75 Å². The molecule has 5 nitrogen and oxygen atoms in total. The molecule has 0 aliphatic carbocycles. The van der Waals surface area contributed by atoms with E-state index in [1.54, 1.807) is 36.4 Å². The lowest BCUT2D eigenvalue weighted by atomic mass is 10.1. The molecule has 0 atom stereocenters. The number of benzene rings is 3. The Morgan fingerprint density at radius 1 is 1.03 bits per heavy atom. The maximum atomic E-state index is 12.3. The molecule has 1 aliphatic rings. The molecule has 1 heterocycles. The van der Waals surface area contributed by atoms with E-state index in [0.717, 1.165) is 5.56 Å². The molecule has 3 aromatic carbocycles. The molecule has 0 bridgehead atoms. The molecule has 4 rings (SSSR count). The monoisotopic (exact) mass is 417 g/mol. The van der Waals surface area contributed by atoms with Crippen LogP contribution in [0.5, 0.6) is 5.75 Å². The number of esters is 2. The smallest absolute Gasteiger partial charge is 0.363 e. The fourth-order valence-corrected chi connectivity index (χ4v) is 3.04. The van der Waals surface area contributed by atoms with Crippen molar-refractivity contribution in [3.05, 3.63) is 106 Å². The summed E-state index contributed by atoms with van der Waals surface area (Å²) in [6.07, 6.45) is 1.57. The Kier molecular flexibility index (Phi) is 5.46. The number of carbonyl (C=O) groups is 2. The molecule has 0 saturated heterocycles. The van der Waals surface area contributed by atoms with Crippen LogP contribution >= 0.6 is 11.6 Å². The molecule has 0 amide bonds.